The van der Waals surface area contributed by atoms with Gasteiger partial charge in [-0.15, -0.1) is 0 Å². The smallest absolute Gasteiger partial charge is 0.165 e. The molecule has 1 aromatic heterocycles. The lowest BCUT2D eigenvalue weighted by Gasteiger charge is -2.15. The molecular formula is C18H26N2O. The Hall–Kier alpha value is -1.77. The minimum Gasteiger partial charge on any atom is -0.504 e. The second-order valence-electron chi connectivity index (χ2n) is 7.24. The molecule has 21 heavy (non-hydrogen) atoms. The van der Waals surface area contributed by atoms with Crippen molar-refractivity contribution in [2.45, 2.75) is 53.5 Å². The molecule has 0 amide bonds. The molecular weight excluding hydrogens is 260 g/mol. The Balaban J connectivity index is 2.61. The third-order valence-electron chi connectivity index (χ3n) is 3.50. The molecule has 0 spiro atoms. The summed E-state index contributed by atoms with van der Waals surface area (Å²) in [5, 5.41) is 15.4. The Morgan fingerprint density at radius 3 is 2.19 bits per heavy atom. The predicted octanol–water partition coefficient (Wildman–Crippen LogP) is 4.52. The van der Waals surface area contributed by atoms with E-state index in [9.17, 15) is 5.11 Å². The highest BCUT2D eigenvalue weighted by Crippen LogP contribution is 2.38. The Kier molecular flexibility index (Phi) is 4.13. The highest BCUT2D eigenvalue weighted by atomic mass is 16.3. The second-order valence-corrected chi connectivity index (χ2v) is 7.24. The lowest BCUT2D eigenvalue weighted by atomic mass is 9.91. The number of benzene rings is 1. The van der Waals surface area contributed by atoms with Crippen LogP contribution in [0.2, 0.25) is 0 Å². The van der Waals surface area contributed by atoms with Gasteiger partial charge in [0.15, 0.2) is 5.75 Å². The number of aromatic nitrogens is 2. The summed E-state index contributed by atoms with van der Waals surface area (Å²) < 4.78 is 1.95. The van der Waals surface area contributed by atoms with E-state index < -0.39 is 0 Å². The quantitative estimate of drug-likeness (QED) is 0.901. The molecule has 0 bridgehead atoms. The lowest BCUT2D eigenvalue weighted by molar-refractivity contribution is 0.444. The van der Waals surface area contributed by atoms with Crippen molar-refractivity contribution in [3.05, 3.63) is 35.5 Å². The third kappa shape index (κ3) is 3.29. The summed E-state index contributed by atoms with van der Waals surface area (Å²) in [4.78, 5) is 0. The molecule has 114 valence electrons. The van der Waals surface area contributed by atoms with Crippen LogP contribution in [0.25, 0.3) is 11.3 Å². The summed E-state index contributed by atoms with van der Waals surface area (Å²) in [5.41, 5.74) is 3.64. The molecule has 3 heteroatoms. The largest absolute Gasteiger partial charge is 0.504 e. The third-order valence-corrected chi connectivity index (χ3v) is 3.50. The van der Waals surface area contributed by atoms with Crippen molar-refractivity contribution in [2.75, 3.05) is 0 Å². The molecule has 3 nitrogen and oxygen atoms in total. The van der Waals surface area contributed by atoms with Gasteiger partial charge in [0, 0.05) is 17.5 Å². The first-order valence-electron chi connectivity index (χ1n) is 7.57. The van der Waals surface area contributed by atoms with Gasteiger partial charge < -0.3 is 5.11 Å². The Morgan fingerprint density at radius 1 is 1.14 bits per heavy atom. The van der Waals surface area contributed by atoms with E-state index in [-0.39, 0.29) is 5.41 Å². The number of aromatic hydroxyl groups is 1. The molecule has 1 heterocycles. The van der Waals surface area contributed by atoms with Gasteiger partial charge in [-0.2, -0.15) is 5.10 Å². The van der Waals surface area contributed by atoms with Gasteiger partial charge >= 0.3 is 0 Å². The van der Waals surface area contributed by atoms with Crippen LogP contribution in [0.1, 0.15) is 45.9 Å². The van der Waals surface area contributed by atoms with Crippen LogP contribution in [0.4, 0.5) is 0 Å². The fourth-order valence-electron chi connectivity index (χ4n) is 2.43. The molecule has 0 fully saturated rings. The number of nitrogens with zero attached hydrogens (tertiary/aromatic N) is 2. The van der Waals surface area contributed by atoms with Crippen LogP contribution in [-0.2, 0) is 12.0 Å². The molecule has 0 atom stereocenters. The first kappa shape index (κ1) is 15.6. The molecule has 0 aliphatic heterocycles. The van der Waals surface area contributed by atoms with Crippen LogP contribution < -0.4 is 0 Å². The van der Waals surface area contributed by atoms with Gasteiger partial charge in [-0.1, -0.05) is 64.4 Å². The van der Waals surface area contributed by atoms with E-state index in [1.807, 2.05) is 4.68 Å². The Morgan fingerprint density at radius 2 is 1.71 bits per heavy atom. The first-order chi connectivity index (χ1) is 9.70. The molecule has 0 aliphatic rings. The molecule has 0 radical (unpaired) electrons. The minimum atomic E-state index is -0.175. The van der Waals surface area contributed by atoms with Crippen molar-refractivity contribution >= 4 is 0 Å². The molecule has 1 aromatic carbocycles. The van der Waals surface area contributed by atoms with Gasteiger partial charge in [0.05, 0.1) is 0 Å². The van der Waals surface area contributed by atoms with Gasteiger partial charge in [0.2, 0.25) is 0 Å². The normalized spacial score (nSPS) is 12.1. The Bertz CT molecular complexity index is 616. The van der Waals surface area contributed by atoms with Gasteiger partial charge in [0.1, 0.15) is 11.4 Å². The fraction of sp³-hybridized carbons (Fsp3) is 0.500. The summed E-state index contributed by atoms with van der Waals surface area (Å²) >= 11 is 0. The van der Waals surface area contributed by atoms with Gasteiger partial charge in [0.25, 0.3) is 0 Å². The van der Waals surface area contributed by atoms with E-state index in [4.69, 9.17) is 0 Å². The van der Waals surface area contributed by atoms with Gasteiger partial charge in [-0.3, -0.25) is 4.68 Å². The lowest BCUT2D eigenvalue weighted by Crippen LogP contribution is -2.14. The van der Waals surface area contributed by atoms with E-state index in [1.54, 1.807) is 0 Å². The van der Waals surface area contributed by atoms with Crippen LogP contribution in [0.5, 0.6) is 5.75 Å². The van der Waals surface area contributed by atoms with E-state index in [1.165, 1.54) is 5.56 Å². The molecule has 0 aliphatic carbocycles. The molecule has 1 N–H and O–H groups in total. The van der Waals surface area contributed by atoms with Crippen LogP contribution in [-0.4, -0.2) is 14.9 Å². The van der Waals surface area contributed by atoms with Crippen LogP contribution in [0.15, 0.2) is 24.3 Å². The Labute approximate surface area is 127 Å². The highest BCUT2D eigenvalue weighted by Gasteiger charge is 2.27. The zero-order valence-electron chi connectivity index (χ0n) is 13.9. The summed E-state index contributed by atoms with van der Waals surface area (Å²) in [5.74, 6) is 0.785. The van der Waals surface area contributed by atoms with Crippen molar-refractivity contribution in [2.24, 2.45) is 5.92 Å². The topological polar surface area (TPSA) is 38.1 Å². The van der Waals surface area contributed by atoms with Crippen molar-refractivity contribution in [1.82, 2.24) is 9.78 Å². The zero-order chi connectivity index (χ0) is 15.8. The van der Waals surface area contributed by atoms with E-state index >= 15 is 0 Å². The molecule has 0 saturated heterocycles. The van der Waals surface area contributed by atoms with E-state index in [0.717, 1.165) is 23.5 Å². The standard InChI is InChI=1S/C18H26N2O/c1-12(2)11-20-15(14-9-7-13(3)8-10-14)16(21)17(19-20)18(4,5)6/h7-10,12,21H,11H2,1-6H3. The SMILES string of the molecule is Cc1ccc(-c2c(O)c(C(C)(C)C)nn2CC(C)C)cc1. The maximum atomic E-state index is 10.7. The number of hydrogen-bond donors (Lipinski definition) is 1. The van der Waals surface area contributed by atoms with Crippen molar-refractivity contribution < 1.29 is 5.11 Å². The summed E-state index contributed by atoms with van der Waals surface area (Å²) in [6.07, 6.45) is 0. The molecule has 0 saturated carbocycles. The zero-order valence-corrected chi connectivity index (χ0v) is 13.9. The summed E-state index contributed by atoms with van der Waals surface area (Å²) in [7, 11) is 0. The van der Waals surface area contributed by atoms with E-state index in [0.29, 0.717) is 11.7 Å². The van der Waals surface area contributed by atoms with E-state index in [2.05, 4.69) is 70.9 Å². The van der Waals surface area contributed by atoms with Crippen LogP contribution in [0, 0.1) is 12.8 Å². The number of aryl methyl sites for hydroxylation is 1. The van der Waals surface area contributed by atoms with Crippen molar-refractivity contribution in [3.8, 4) is 17.0 Å². The first-order valence-corrected chi connectivity index (χ1v) is 7.57. The fourth-order valence-corrected chi connectivity index (χ4v) is 2.43. The van der Waals surface area contributed by atoms with Crippen LogP contribution in [0.3, 0.4) is 0 Å². The van der Waals surface area contributed by atoms with Crippen molar-refractivity contribution in [3.63, 3.8) is 0 Å². The molecule has 0 unspecified atom stereocenters. The average molecular weight is 286 g/mol. The maximum absolute atomic E-state index is 10.7. The number of hydrogen-bond acceptors (Lipinski definition) is 2. The number of rotatable bonds is 3. The van der Waals surface area contributed by atoms with Gasteiger partial charge in [-0.05, 0) is 12.8 Å². The second kappa shape index (κ2) is 5.55. The summed E-state index contributed by atoms with van der Waals surface area (Å²) in [6, 6.07) is 8.24. The highest BCUT2D eigenvalue weighted by molar-refractivity contribution is 5.68. The molecule has 2 rings (SSSR count). The monoisotopic (exact) mass is 286 g/mol. The average Bonchev–Trinajstić information content (AvgIpc) is 2.67. The summed E-state index contributed by atoms with van der Waals surface area (Å²) in [6.45, 7) is 13.4. The van der Waals surface area contributed by atoms with Gasteiger partial charge in [-0.25, -0.2) is 0 Å². The van der Waals surface area contributed by atoms with Crippen molar-refractivity contribution in [1.29, 1.82) is 0 Å². The molecule has 2 aromatic rings. The van der Waals surface area contributed by atoms with Crippen LogP contribution >= 0.6 is 0 Å². The minimum absolute atomic E-state index is 0.175. The maximum Gasteiger partial charge on any atom is 0.165 e. The predicted molar refractivity (Wildman–Crippen MR) is 87.6 cm³/mol.